The van der Waals surface area contributed by atoms with Gasteiger partial charge in [-0.1, -0.05) is 25.1 Å². The number of benzene rings is 1. The molecule has 0 radical (unpaired) electrons. The minimum absolute atomic E-state index is 0.913. The molecule has 2 rings (SSSR count). The summed E-state index contributed by atoms with van der Waals surface area (Å²) in [6, 6.07) is 6.68. The number of nitrogens with one attached hydrogen (secondary N) is 1. The van der Waals surface area contributed by atoms with Crippen molar-refractivity contribution in [1.82, 2.24) is 14.9 Å². The zero-order chi connectivity index (χ0) is 13.7. The standard InChI is InChI=1S/C16H23N3/c1-4-8-19-9-7-18-16(19)11-15-10-14(12-17-3)6-5-13(15)2/h5-7,9-10,17H,4,8,11-12H2,1-3H3. The van der Waals surface area contributed by atoms with Gasteiger partial charge in [-0.15, -0.1) is 0 Å². The van der Waals surface area contributed by atoms with Gasteiger partial charge in [-0.2, -0.15) is 0 Å². The lowest BCUT2D eigenvalue weighted by Gasteiger charge is -2.10. The number of nitrogens with zero attached hydrogens (tertiary/aromatic N) is 2. The van der Waals surface area contributed by atoms with Crippen molar-refractivity contribution in [3.63, 3.8) is 0 Å². The van der Waals surface area contributed by atoms with E-state index in [1.165, 1.54) is 16.7 Å². The Morgan fingerprint density at radius 1 is 1.32 bits per heavy atom. The topological polar surface area (TPSA) is 29.9 Å². The summed E-state index contributed by atoms with van der Waals surface area (Å²) in [6.45, 7) is 6.33. The van der Waals surface area contributed by atoms with Crippen LogP contribution in [-0.2, 0) is 19.5 Å². The van der Waals surface area contributed by atoms with Crippen LogP contribution in [0.15, 0.2) is 30.6 Å². The van der Waals surface area contributed by atoms with Crippen LogP contribution in [0.3, 0.4) is 0 Å². The van der Waals surface area contributed by atoms with Crippen molar-refractivity contribution < 1.29 is 0 Å². The molecule has 1 N–H and O–H groups in total. The number of imidazole rings is 1. The van der Waals surface area contributed by atoms with Gasteiger partial charge >= 0.3 is 0 Å². The quantitative estimate of drug-likeness (QED) is 0.862. The van der Waals surface area contributed by atoms with Crippen LogP contribution in [0, 0.1) is 6.92 Å². The lowest BCUT2D eigenvalue weighted by atomic mass is 10.0. The van der Waals surface area contributed by atoms with Gasteiger partial charge in [0.15, 0.2) is 0 Å². The van der Waals surface area contributed by atoms with E-state index >= 15 is 0 Å². The molecule has 0 fully saturated rings. The fourth-order valence-corrected chi connectivity index (χ4v) is 2.35. The molecular weight excluding hydrogens is 234 g/mol. The molecular formula is C16H23N3. The van der Waals surface area contributed by atoms with E-state index in [1.54, 1.807) is 0 Å². The van der Waals surface area contributed by atoms with Crippen molar-refractivity contribution in [3.8, 4) is 0 Å². The van der Waals surface area contributed by atoms with E-state index in [0.29, 0.717) is 0 Å². The molecule has 0 spiro atoms. The van der Waals surface area contributed by atoms with E-state index in [-0.39, 0.29) is 0 Å². The van der Waals surface area contributed by atoms with Crippen molar-refractivity contribution in [2.24, 2.45) is 0 Å². The third kappa shape index (κ3) is 3.44. The summed E-state index contributed by atoms with van der Waals surface area (Å²) in [5.41, 5.74) is 4.04. The molecule has 0 bridgehead atoms. The SMILES string of the molecule is CCCn1ccnc1Cc1cc(CNC)ccc1C. The molecule has 1 aromatic carbocycles. The van der Waals surface area contributed by atoms with Gasteiger partial charge in [-0.25, -0.2) is 4.98 Å². The number of hydrogen-bond donors (Lipinski definition) is 1. The van der Waals surface area contributed by atoms with Crippen molar-refractivity contribution in [2.75, 3.05) is 7.05 Å². The number of aromatic nitrogens is 2. The lowest BCUT2D eigenvalue weighted by molar-refractivity contribution is 0.646. The van der Waals surface area contributed by atoms with E-state index in [1.807, 2.05) is 13.2 Å². The number of rotatable bonds is 6. The molecule has 3 heteroatoms. The first-order valence-electron chi connectivity index (χ1n) is 6.97. The lowest BCUT2D eigenvalue weighted by Crippen LogP contribution is -2.07. The molecule has 0 saturated carbocycles. The van der Waals surface area contributed by atoms with E-state index in [2.05, 4.69) is 53.1 Å². The molecule has 0 aliphatic heterocycles. The van der Waals surface area contributed by atoms with Crippen LogP contribution in [0.2, 0.25) is 0 Å². The first-order valence-corrected chi connectivity index (χ1v) is 6.97. The first kappa shape index (κ1) is 13.8. The summed E-state index contributed by atoms with van der Waals surface area (Å²) in [5, 5.41) is 3.20. The second kappa shape index (κ2) is 6.53. The second-order valence-corrected chi connectivity index (χ2v) is 5.00. The van der Waals surface area contributed by atoms with E-state index in [4.69, 9.17) is 0 Å². The molecule has 0 amide bonds. The van der Waals surface area contributed by atoms with Crippen molar-refractivity contribution in [3.05, 3.63) is 53.1 Å². The Balaban J connectivity index is 2.21. The molecule has 2 aromatic rings. The number of aryl methyl sites for hydroxylation is 2. The molecule has 3 nitrogen and oxygen atoms in total. The molecule has 102 valence electrons. The smallest absolute Gasteiger partial charge is 0.113 e. The third-order valence-corrected chi connectivity index (χ3v) is 3.41. The zero-order valence-electron chi connectivity index (χ0n) is 12.1. The highest BCUT2D eigenvalue weighted by Gasteiger charge is 2.06. The van der Waals surface area contributed by atoms with Crippen LogP contribution in [0.25, 0.3) is 0 Å². The van der Waals surface area contributed by atoms with Crippen LogP contribution >= 0.6 is 0 Å². The van der Waals surface area contributed by atoms with Gasteiger partial charge in [-0.05, 0) is 37.1 Å². The maximum absolute atomic E-state index is 4.49. The third-order valence-electron chi connectivity index (χ3n) is 3.41. The average Bonchev–Trinajstić information content (AvgIpc) is 2.82. The van der Waals surface area contributed by atoms with Gasteiger partial charge in [0, 0.05) is 31.9 Å². The van der Waals surface area contributed by atoms with Crippen molar-refractivity contribution in [2.45, 2.75) is 39.8 Å². The number of hydrogen-bond acceptors (Lipinski definition) is 2. The highest BCUT2D eigenvalue weighted by molar-refractivity contribution is 5.33. The molecule has 0 saturated heterocycles. The monoisotopic (exact) mass is 257 g/mol. The Morgan fingerprint density at radius 2 is 2.16 bits per heavy atom. The molecule has 19 heavy (non-hydrogen) atoms. The zero-order valence-corrected chi connectivity index (χ0v) is 12.1. The normalized spacial score (nSPS) is 10.9. The summed E-state index contributed by atoms with van der Waals surface area (Å²) in [4.78, 5) is 4.49. The van der Waals surface area contributed by atoms with Crippen LogP contribution in [-0.4, -0.2) is 16.6 Å². The molecule has 0 aliphatic rings. The highest BCUT2D eigenvalue weighted by Crippen LogP contribution is 2.15. The summed E-state index contributed by atoms with van der Waals surface area (Å²) < 4.78 is 2.25. The van der Waals surface area contributed by atoms with Crippen LogP contribution in [0.4, 0.5) is 0 Å². The van der Waals surface area contributed by atoms with Gasteiger partial charge < -0.3 is 9.88 Å². The average molecular weight is 257 g/mol. The largest absolute Gasteiger partial charge is 0.335 e. The minimum Gasteiger partial charge on any atom is -0.335 e. The second-order valence-electron chi connectivity index (χ2n) is 5.00. The van der Waals surface area contributed by atoms with Crippen molar-refractivity contribution >= 4 is 0 Å². The Kier molecular flexibility index (Phi) is 4.74. The highest BCUT2D eigenvalue weighted by atomic mass is 15.1. The van der Waals surface area contributed by atoms with Gasteiger partial charge in [-0.3, -0.25) is 0 Å². The molecule has 0 unspecified atom stereocenters. The van der Waals surface area contributed by atoms with Gasteiger partial charge in [0.05, 0.1) is 0 Å². The molecule has 1 aromatic heterocycles. The molecule has 0 atom stereocenters. The maximum atomic E-state index is 4.49. The Bertz CT molecular complexity index is 529. The van der Waals surface area contributed by atoms with Gasteiger partial charge in [0.25, 0.3) is 0 Å². The summed E-state index contributed by atoms with van der Waals surface area (Å²) >= 11 is 0. The summed E-state index contributed by atoms with van der Waals surface area (Å²) in [7, 11) is 1.98. The van der Waals surface area contributed by atoms with E-state index in [0.717, 1.165) is 31.8 Å². The maximum Gasteiger partial charge on any atom is 0.113 e. The molecule has 1 heterocycles. The summed E-state index contributed by atoms with van der Waals surface area (Å²) in [6.07, 6.45) is 6.03. The fourth-order valence-electron chi connectivity index (χ4n) is 2.35. The Labute approximate surface area is 115 Å². The van der Waals surface area contributed by atoms with E-state index < -0.39 is 0 Å². The van der Waals surface area contributed by atoms with Gasteiger partial charge in [0.1, 0.15) is 5.82 Å². The van der Waals surface area contributed by atoms with Crippen LogP contribution in [0.5, 0.6) is 0 Å². The van der Waals surface area contributed by atoms with E-state index in [9.17, 15) is 0 Å². The Hall–Kier alpha value is -1.61. The first-order chi connectivity index (χ1) is 9.24. The molecule has 0 aliphatic carbocycles. The van der Waals surface area contributed by atoms with Crippen LogP contribution in [0.1, 0.15) is 35.9 Å². The van der Waals surface area contributed by atoms with Crippen LogP contribution < -0.4 is 5.32 Å². The Morgan fingerprint density at radius 3 is 2.89 bits per heavy atom. The summed E-state index contributed by atoms with van der Waals surface area (Å²) in [5.74, 6) is 1.16. The van der Waals surface area contributed by atoms with Crippen molar-refractivity contribution in [1.29, 1.82) is 0 Å². The predicted molar refractivity (Wildman–Crippen MR) is 79.3 cm³/mol. The predicted octanol–water partition coefficient (Wildman–Crippen LogP) is 2.91. The van der Waals surface area contributed by atoms with Gasteiger partial charge in [0.2, 0.25) is 0 Å². The fraction of sp³-hybridized carbons (Fsp3) is 0.438. The minimum atomic E-state index is 0.913.